The predicted molar refractivity (Wildman–Crippen MR) is 80.9 cm³/mol. The van der Waals surface area contributed by atoms with Gasteiger partial charge in [0.25, 0.3) is 0 Å². The van der Waals surface area contributed by atoms with Crippen molar-refractivity contribution in [3.8, 4) is 0 Å². The van der Waals surface area contributed by atoms with E-state index < -0.39 is 6.10 Å². The Morgan fingerprint density at radius 2 is 1.89 bits per heavy atom. The number of halogens is 2. The summed E-state index contributed by atoms with van der Waals surface area (Å²) < 4.78 is 0. The SMILES string of the molecule is CN(CC(O)c1ccc(Cl)c(Cl)c1)C1CCCCC1. The molecule has 0 radical (unpaired) electrons. The summed E-state index contributed by atoms with van der Waals surface area (Å²) in [6.07, 6.45) is 5.92. The number of hydrogen-bond donors (Lipinski definition) is 1. The summed E-state index contributed by atoms with van der Waals surface area (Å²) in [4.78, 5) is 2.27. The van der Waals surface area contributed by atoms with E-state index >= 15 is 0 Å². The quantitative estimate of drug-likeness (QED) is 0.897. The molecule has 1 unspecified atom stereocenters. The first-order valence-electron chi connectivity index (χ1n) is 6.91. The minimum Gasteiger partial charge on any atom is -0.387 e. The smallest absolute Gasteiger partial charge is 0.0917 e. The molecule has 106 valence electrons. The van der Waals surface area contributed by atoms with Gasteiger partial charge in [-0.2, -0.15) is 0 Å². The molecule has 0 heterocycles. The van der Waals surface area contributed by atoms with E-state index in [0.29, 0.717) is 22.6 Å². The van der Waals surface area contributed by atoms with Crippen LogP contribution in [-0.2, 0) is 0 Å². The van der Waals surface area contributed by atoms with E-state index in [4.69, 9.17) is 23.2 Å². The van der Waals surface area contributed by atoms with Gasteiger partial charge in [-0.1, -0.05) is 48.5 Å². The fourth-order valence-corrected chi connectivity index (χ4v) is 3.08. The molecule has 0 amide bonds. The topological polar surface area (TPSA) is 23.5 Å². The molecular weight excluding hydrogens is 281 g/mol. The van der Waals surface area contributed by atoms with Crippen molar-refractivity contribution >= 4 is 23.2 Å². The van der Waals surface area contributed by atoms with Crippen LogP contribution < -0.4 is 0 Å². The van der Waals surface area contributed by atoms with Gasteiger partial charge in [-0.15, -0.1) is 0 Å². The van der Waals surface area contributed by atoms with Crippen molar-refractivity contribution in [1.29, 1.82) is 0 Å². The third-order valence-corrected chi connectivity index (χ3v) is 4.73. The monoisotopic (exact) mass is 301 g/mol. The lowest BCUT2D eigenvalue weighted by molar-refractivity contribution is 0.0914. The molecule has 0 saturated heterocycles. The highest BCUT2D eigenvalue weighted by Gasteiger charge is 2.20. The molecule has 1 fully saturated rings. The fourth-order valence-electron chi connectivity index (χ4n) is 2.77. The Hall–Kier alpha value is -0.280. The summed E-state index contributed by atoms with van der Waals surface area (Å²) in [5, 5.41) is 11.3. The normalized spacial score (nSPS) is 18.8. The number of nitrogens with zero attached hydrogens (tertiary/aromatic N) is 1. The summed E-state index contributed by atoms with van der Waals surface area (Å²) >= 11 is 11.9. The lowest BCUT2D eigenvalue weighted by Crippen LogP contribution is -2.36. The average Bonchev–Trinajstić information content (AvgIpc) is 2.42. The molecule has 0 spiro atoms. The molecule has 0 aliphatic heterocycles. The molecule has 19 heavy (non-hydrogen) atoms. The minimum absolute atomic E-state index is 0.499. The van der Waals surface area contributed by atoms with Crippen LogP contribution in [0.1, 0.15) is 43.8 Å². The second-order valence-electron chi connectivity index (χ2n) is 5.42. The van der Waals surface area contributed by atoms with Gasteiger partial charge in [0.2, 0.25) is 0 Å². The first-order valence-corrected chi connectivity index (χ1v) is 7.67. The second kappa shape index (κ2) is 6.94. The van der Waals surface area contributed by atoms with Crippen molar-refractivity contribution in [1.82, 2.24) is 4.90 Å². The average molecular weight is 302 g/mol. The lowest BCUT2D eigenvalue weighted by atomic mass is 9.94. The zero-order valence-corrected chi connectivity index (χ0v) is 12.8. The van der Waals surface area contributed by atoms with Crippen LogP contribution in [0.3, 0.4) is 0 Å². The summed E-state index contributed by atoms with van der Waals surface area (Å²) in [5.41, 5.74) is 0.831. The highest BCUT2D eigenvalue weighted by atomic mass is 35.5. The van der Waals surface area contributed by atoms with Crippen molar-refractivity contribution in [3.63, 3.8) is 0 Å². The number of benzene rings is 1. The maximum absolute atomic E-state index is 10.3. The molecule has 1 aliphatic rings. The van der Waals surface area contributed by atoms with E-state index in [1.165, 1.54) is 32.1 Å². The Morgan fingerprint density at radius 3 is 2.53 bits per heavy atom. The first-order chi connectivity index (χ1) is 9.08. The van der Waals surface area contributed by atoms with Crippen molar-refractivity contribution < 1.29 is 5.11 Å². The van der Waals surface area contributed by atoms with Crippen LogP contribution in [0.15, 0.2) is 18.2 Å². The van der Waals surface area contributed by atoms with Crippen LogP contribution in [0, 0.1) is 0 Å². The molecule has 1 saturated carbocycles. The largest absolute Gasteiger partial charge is 0.387 e. The zero-order valence-electron chi connectivity index (χ0n) is 11.3. The van der Waals surface area contributed by atoms with Gasteiger partial charge in [0.1, 0.15) is 0 Å². The fraction of sp³-hybridized carbons (Fsp3) is 0.600. The van der Waals surface area contributed by atoms with E-state index in [1.807, 2.05) is 6.07 Å². The van der Waals surface area contributed by atoms with E-state index in [0.717, 1.165) is 5.56 Å². The van der Waals surface area contributed by atoms with E-state index in [9.17, 15) is 5.11 Å². The predicted octanol–water partition coefficient (Wildman–Crippen LogP) is 4.29. The first kappa shape index (κ1) is 15.1. The van der Waals surface area contributed by atoms with Crippen LogP contribution >= 0.6 is 23.2 Å². The van der Waals surface area contributed by atoms with Crippen molar-refractivity contribution in [2.45, 2.75) is 44.2 Å². The zero-order chi connectivity index (χ0) is 13.8. The number of rotatable bonds is 4. The van der Waals surface area contributed by atoms with Gasteiger partial charge in [-0.25, -0.2) is 0 Å². The molecule has 2 nitrogen and oxygen atoms in total. The Kier molecular flexibility index (Phi) is 5.52. The molecule has 1 N–H and O–H groups in total. The highest BCUT2D eigenvalue weighted by Crippen LogP contribution is 2.27. The molecule has 1 aromatic rings. The number of aliphatic hydroxyl groups is 1. The van der Waals surface area contributed by atoms with Gasteiger partial charge >= 0.3 is 0 Å². The van der Waals surface area contributed by atoms with Crippen LogP contribution in [0.4, 0.5) is 0 Å². The highest BCUT2D eigenvalue weighted by molar-refractivity contribution is 6.42. The van der Waals surface area contributed by atoms with Crippen molar-refractivity contribution in [2.24, 2.45) is 0 Å². The molecule has 0 bridgehead atoms. The van der Waals surface area contributed by atoms with E-state index in [-0.39, 0.29) is 0 Å². The number of hydrogen-bond acceptors (Lipinski definition) is 2. The molecular formula is C15H21Cl2NO. The van der Waals surface area contributed by atoms with Crippen LogP contribution in [0.25, 0.3) is 0 Å². The summed E-state index contributed by atoms with van der Waals surface area (Å²) in [6.45, 7) is 0.641. The molecule has 2 rings (SSSR count). The Labute approximate surface area is 125 Å². The van der Waals surface area contributed by atoms with Gasteiger partial charge in [-0.3, -0.25) is 0 Å². The van der Waals surface area contributed by atoms with Crippen LogP contribution in [-0.4, -0.2) is 29.6 Å². The van der Waals surface area contributed by atoms with Gasteiger partial charge < -0.3 is 10.0 Å². The standard InChI is InChI=1S/C15H21Cl2NO/c1-18(12-5-3-2-4-6-12)10-15(19)11-7-8-13(16)14(17)9-11/h7-9,12,15,19H,2-6,10H2,1H3. The third-order valence-electron chi connectivity index (χ3n) is 3.99. The number of aliphatic hydroxyl groups excluding tert-OH is 1. The Bertz CT molecular complexity index is 419. The van der Waals surface area contributed by atoms with Crippen molar-refractivity contribution in [2.75, 3.05) is 13.6 Å². The molecule has 1 aliphatic carbocycles. The van der Waals surface area contributed by atoms with Gasteiger partial charge in [0.05, 0.1) is 16.1 Å². The van der Waals surface area contributed by atoms with Crippen LogP contribution in [0.2, 0.25) is 10.0 Å². The molecule has 4 heteroatoms. The van der Waals surface area contributed by atoms with E-state index in [1.54, 1.807) is 12.1 Å². The molecule has 1 aromatic carbocycles. The third kappa shape index (κ3) is 4.09. The minimum atomic E-state index is -0.512. The van der Waals surface area contributed by atoms with E-state index in [2.05, 4.69) is 11.9 Å². The summed E-state index contributed by atoms with van der Waals surface area (Å²) in [7, 11) is 2.09. The van der Waals surface area contributed by atoms with Crippen molar-refractivity contribution in [3.05, 3.63) is 33.8 Å². The van der Waals surface area contributed by atoms with Crippen LogP contribution in [0.5, 0.6) is 0 Å². The Morgan fingerprint density at radius 1 is 1.21 bits per heavy atom. The maximum Gasteiger partial charge on any atom is 0.0917 e. The summed E-state index contributed by atoms with van der Waals surface area (Å²) in [6, 6.07) is 5.94. The lowest BCUT2D eigenvalue weighted by Gasteiger charge is -2.32. The van der Waals surface area contributed by atoms with Gasteiger partial charge in [0, 0.05) is 12.6 Å². The maximum atomic E-state index is 10.3. The molecule has 1 atom stereocenters. The Balaban J connectivity index is 1.95. The van der Waals surface area contributed by atoms with Gasteiger partial charge in [-0.05, 0) is 37.6 Å². The second-order valence-corrected chi connectivity index (χ2v) is 6.24. The molecule has 0 aromatic heterocycles. The number of likely N-dealkylation sites (N-methyl/N-ethyl adjacent to an activating group) is 1. The van der Waals surface area contributed by atoms with Gasteiger partial charge in [0.15, 0.2) is 0 Å². The summed E-state index contributed by atoms with van der Waals surface area (Å²) in [5.74, 6) is 0.